The van der Waals surface area contributed by atoms with Gasteiger partial charge in [-0.25, -0.2) is 4.79 Å². The van der Waals surface area contributed by atoms with Crippen LogP contribution in [-0.2, 0) is 4.79 Å². The van der Waals surface area contributed by atoms with Crippen molar-refractivity contribution in [2.24, 2.45) is 0 Å². The zero-order valence-corrected chi connectivity index (χ0v) is 13.6. The standard InChI is InChI=1S/C17H16N2O4S/c20-15-10-12(11-4-2-1-3-5-11)19(9-8-18-15)16(21)13-6-7-14(24-13)17(22)23/h1-7,12H,8-10H2,(H,18,20)(H,22,23)/t12-/m0/s1. The average Bonchev–Trinajstić information content (AvgIpc) is 3.00. The van der Waals surface area contributed by atoms with Crippen LogP contribution in [-0.4, -0.2) is 40.9 Å². The lowest BCUT2D eigenvalue weighted by Crippen LogP contribution is -2.36. The number of nitrogens with one attached hydrogen (secondary N) is 1. The van der Waals surface area contributed by atoms with Crippen LogP contribution in [0.1, 0.15) is 37.4 Å². The summed E-state index contributed by atoms with van der Waals surface area (Å²) in [5, 5.41) is 11.8. The molecule has 24 heavy (non-hydrogen) atoms. The molecule has 0 radical (unpaired) electrons. The van der Waals surface area contributed by atoms with Crippen LogP contribution in [0, 0.1) is 0 Å². The first kappa shape index (κ1) is 16.2. The topological polar surface area (TPSA) is 86.7 Å². The SMILES string of the molecule is O=C1C[C@@H](c2ccccc2)N(C(=O)c2ccc(C(=O)O)s2)CCN1. The molecule has 124 valence electrons. The van der Waals surface area contributed by atoms with E-state index in [2.05, 4.69) is 5.32 Å². The lowest BCUT2D eigenvalue weighted by atomic mass is 10.0. The van der Waals surface area contributed by atoms with E-state index in [1.807, 2.05) is 30.3 Å². The maximum absolute atomic E-state index is 12.9. The second kappa shape index (κ2) is 6.84. The summed E-state index contributed by atoms with van der Waals surface area (Å²) in [7, 11) is 0. The first-order chi connectivity index (χ1) is 11.6. The van der Waals surface area contributed by atoms with Gasteiger partial charge in [0.2, 0.25) is 5.91 Å². The van der Waals surface area contributed by atoms with E-state index < -0.39 is 5.97 Å². The van der Waals surface area contributed by atoms with Crippen LogP contribution >= 0.6 is 11.3 Å². The molecule has 0 saturated carbocycles. The smallest absolute Gasteiger partial charge is 0.345 e. The fourth-order valence-corrected chi connectivity index (χ4v) is 3.56. The van der Waals surface area contributed by atoms with Crippen molar-refractivity contribution in [2.75, 3.05) is 13.1 Å². The van der Waals surface area contributed by atoms with Gasteiger partial charge in [0.25, 0.3) is 5.91 Å². The van der Waals surface area contributed by atoms with Crippen LogP contribution in [0.5, 0.6) is 0 Å². The van der Waals surface area contributed by atoms with Gasteiger partial charge in [-0.2, -0.15) is 0 Å². The molecule has 6 nitrogen and oxygen atoms in total. The molecule has 2 heterocycles. The Balaban J connectivity index is 1.93. The predicted octanol–water partition coefficient (Wildman–Crippen LogP) is 2.15. The maximum atomic E-state index is 12.9. The summed E-state index contributed by atoms with van der Waals surface area (Å²) >= 11 is 0.951. The highest BCUT2D eigenvalue weighted by Crippen LogP contribution is 2.29. The summed E-state index contributed by atoms with van der Waals surface area (Å²) < 4.78 is 0. The molecule has 1 aromatic carbocycles. The molecular formula is C17H16N2O4S. The monoisotopic (exact) mass is 344 g/mol. The first-order valence-corrected chi connectivity index (χ1v) is 8.33. The summed E-state index contributed by atoms with van der Waals surface area (Å²) in [4.78, 5) is 38.0. The number of carbonyl (C=O) groups excluding carboxylic acids is 2. The van der Waals surface area contributed by atoms with Crippen LogP contribution in [0.25, 0.3) is 0 Å². The van der Waals surface area contributed by atoms with Gasteiger partial charge in [-0.15, -0.1) is 11.3 Å². The van der Waals surface area contributed by atoms with Crippen LogP contribution in [0.4, 0.5) is 0 Å². The quantitative estimate of drug-likeness (QED) is 0.893. The highest BCUT2D eigenvalue weighted by molar-refractivity contribution is 7.15. The summed E-state index contributed by atoms with van der Waals surface area (Å²) in [6, 6.07) is 12.0. The summed E-state index contributed by atoms with van der Waals surface area (Å²) in [6.45, 7) is 0.759. The van der Waals surface area contributed by atoms with Crippen molar-refractivity contribution >= 4 is 29.1 Å². The Labute approximate surface area is 142 Å². The maximum Gasteiger partial charge on any atom is 0.345 e. The number of nitrogens with zero attached hydrogens (tertiary/aromatic N) is 1. The van der Waals surface area contributed by atoms with Crippen molar-refractivity contribution in [2.45, 2.75) is 12.5 Å². The Bertz CT molecular complexity index is 772. The highest BCUT2D eigenvalue weighted by atomic mass is 32.1. The fourth-order valence-electron chi connectivity index (χ4n) is 2.75. The third-order valence-electron chi connectivity index (χ3n) is 3.90. The summed E-state index contributed by atoms with van der Waals surface area (Å²) in [6.07, 6.45) is 0.187. The minimum absolute atomic E-state index is 0.100. The van der Waals surface area contributed by atoms with Crippen molar-refractivity contribution < 1.29 is 19.5 Å². The zero-order chi connectivity index (χ0) is 17.1. The van der Waals surface area contributed by atoms with Crippen LogP contribution < -0.4 is 5.32 Å². The van der Waals surface area contributed by atoms with Crippen LogP contribution in [0.2, 0.25) is 0 Å². The van der Waals surface area contributed by atoms with E-state index in [0.717, 1.165) is 16.9 Å². The van der Waals surface area contributed by atoms with Gasteiger partial charge in [-0.1, -0.05) is 30.3 Å². The Morgan fingerprint density at radius 1 is 1.12 bits per heavy atom. The van der Waals surface area contributed by atoms with E-state index in [1.54, 1.807) is 4.90 Å². The van der Waals surface area contributed by atoms with Crippen molar-refractivity contribution in [1.29, 1.82) is 0 Å². The van der Waals surface area contributed by atoms with Gasteiger partial charge in [0, 0.05) is 13.1 Å². The normalized spacial score (nSPS) is 17.9. The minimum atomic E-state index is -1.05. The largest absolute Gasteiger partial charge is 0.477 e. The number of benzene rings is 1. The molecule has 1 atom stereocenters. The van der Waals surface area contributed by atoms with Crippen molar-refractivity contribution in [1.82, 2.24) is 10.2 Å². The molecule has 0 bridgehead atoms. The molecule has 1 aliphatic rings. The molecule has 2 N–H and O–H groups in total. The second-order valence-electron chi connectivity index (χ2n) is 5.45. The molecule has 0 spiro atoms. The van der Waals surface area contributed by atoms with Gasteiger partial charge < -0.3 is 15.3 Å². The first-order valence-electron chi connectivity index (χ1n) is 7.52. The molecule has 2 amide bonds. The Kier molecular flexibility index (Phi) is 4.61. The molecule has 3 rings (SSSR count). The van der Waals surface area contributed by atoms with Crippen molar-refractivity contribution in [3.05, 3.63) is 57.8 Å². The predicted molar refractivity (Wildman–Crippen MR) is 89.1 cm³/mol. The molecule has 0 aliphatic carbocycles. The number of hydrogen-bond donors (Lipinski definition) is 2. The van der Waals surface area contributed by atoms with Gasteiger partial charge in [-0.05, 0) is 17.7 Å². The number of carbonyl (C=O) groups is 3. The summed E-state index contributed by atoms with van der Waals surface area (Å²) in [5.41, 5.74) is 0.887. The molecular weight excluding hydrogens is 328 g/mol. The number of amides is 2. The average molecular weight is 344 g/mol. The molecule has 1 fully saturated rings. The summed E-state index contributed by atoms with van der Waals surface area (Å²) in [5.74, 6) is -1.40. The number of aromatic carboxylic acids is 1. The fraction of sp³-hybridized carbons (Fsp3) is 0.235. The molecule has 2 aromatic rings. The molecule has 1 saturated heterocycles. The number of hydrogen-bond acceptors (Lipinski definition) is 4. The zero-order valence-electron chi connectivity index (χ0n) is 12.8. The van der Waals surface area contributed by atoms with E-state index in [1.165, 1.54) is 12.1 Å². The lowest BCUT2D eigenvalue weighted by Gasteiger charge is -2.29. The third-order valence-corrected chi connectivity index (χ3v) is 4.96. The van der Waals surface area contributed by atoms with Gasteiger partial charge in [-0.3, -0.25) is 9.59 Å². The Morgan fingerprint density at radius 2 is 1.83 bits per heavy atom. The van der Waals surface area contributed by atoms with E-state index in [0.29, 0.717) is 18.0 Å². The Hall–Kier alpha value is -2.67. The number of carboxylic acid groups (broad SMARTS) is 1. The van der Waals surface area contributed by atoms with E-state index in [4.69, 9.17) is 5.11 Å². The third kappa shape index (κ3) is 3.30. The lowest BCUT2D eigenvalue weighted by molar-refractivity contribution is -0.121. The second-order valence-corrected chi connectivity index (χ2v) is 6.53. The number of carboxylic acids is 1. The van der Waals surface area contributed by atoms with Gasteiger partial charge >= 0.3 is 5.97 Å². The van der Waals surface area contributed by atoms with Gasteiger partial charge in [0.1, 0.15) is 4.88 Å². The molecule has 1 aliphatic heterocycles. The van der Waals surface area contributed by atoms with Crippen molar-refractivity contribution in [3.8, 4) is 0 Å². The van der Waals surface area contributed by atoms with E-state index in [9.17, 15) is 14.4 Å². The van der Waals surface area contributed by atoms with Gasteiger partial charge in [0.15, 0.2) is 0 Å². The van der Waals surface area contributed by atoms with Crippen LogP contribution in [0.15, 0.2) is 42.5 Å². The van der Waals surface area contributed by atoms with E-state index in [-0.39, 0.29) is 29.2 Å². The Morgan fingerprint density at radius 3 is 2.50 bits per heavy atom. The highest BCUT2D eigenvalue weighted by Gasteiger charge is 2.31. The number of thiophene rings is 1. The van der Waals surface area contributed by atoms with E-state index >= 15 is 0 Å². The van der Waals surface area contributed by atoms with Crippen LogP contribution in [0.3, 0.4) is 0 Å². The minimum Gasteiger partial charge on any atom is -0.477 e. The molecule has 0 unspecified atom stereocenters. The van der Waals surface area contributed by atoms with Crippen molar-refractivity contribution in [3.63, 3.8) is 0 Å². The van der Waals surface area contributed by atoms with Gasteiger partial charge in [0.05, 0.1) is 17.3 Å². The number of rotatable bonds is 3. The molecule has 7 heteroatoms. The molecule has 1 aromatic heterocycles.